The fraction of sp³-hybridized carbons (Fsp3) is 0.143. The summed E-state index contributed by atoms with van der Waals surface area (Å²) < 4.78 is 35.1. The number of alkyl halides is 1. The van der Waals surface area contributed by atoms with Crippen LogP contribution in [0.1, 0.15) is 0 Å². The van der Waals surface area contributed by atoms with E-state index in [1.165, 1.54) is 18.2 Å². The Kier molecular flexibility index (Phi) is 3.48. The smallest absolute Gasteiger partial charge is 0.339 e. The molecule has 0 fully saturated rings. The van der Waals surface area contributed by atoms with Crippen molar-refractivity contribution < 1.29 is 28.2 Å². The lowest BCUT2D eigenvalue weighted by molar-refractivity contribution is 0.323. The Morgan fingerprint density at radius 1 is 1.07 bits per heavy atom. The fourth-order valence-corrected chi connectivity index (χ4v) is 3.84. The zero-order chi connectivity index (χ0) is 11.7. The molecule has 0 saturated carbocycles. The molecular formula is C7H9FO5P2. The predicted molar refractivity (Wildman–Crippen MR) is 52.8 cm³/mol. The third kappa shape index (κ3) is 2.74. The number of benzene rings is 1. The number of hydrogen-bond acceptors (Lipinski definition) is 2. The lowest BCUT2D eigenvalue weighted by Crippen LogP contribution is -2.13. The van der Waals surface area contributed by atoms with Gasteiger partial charge < -0.3 is 14.7 Å². The molecule has 1 unspecified atom stereocenters. The molecule has 8 heteroatoms. The molecule has 0 amide bonds. The van der Waals surface area contributed by atoms with Gasteiger partial charge in [-0.2, -0.15) is 0 Å². The number of rotatable bonds is 3. The molecule has 0 aliphatic carbocycles. The minimum atomic E-state index is -5.22. The largest absolute Gasteiger partial charge is 0.369 e. The van der Waals surface area contributed by atoms with Crippen LogP contribution in [0.25, 0.3) is 0 Å². The van der Waals surface area contributed by atoms with Crippen molar-refractivity contribution in [2.75, 3.05) is 0 Å². The fourth-order valence-electron chi connectivity index (χ4n) is 0.968. The molecule has 2 atom stereocenters. The van der Waals surface area contributed by atoms with Crippen LogP contribution in [-0.2, 0) is 9.13 Å². The van der Waals surface area contributed by atoms with Crippen LogP contribution in [0.4, 0.5) is 4.39 Å². The van der Waals surface area contributed by atoms with Gasteiger partial charge >= 0.3 is 7.60 Å². The lowest BCUT2D eigenvalue weighted by atomic mass is 10.4. The summed E-state index contributed by atoms with van der Waals surface area (Å²) in [5.74, 6) is 0. The molecule has 84 valence electrons. The summed E-state index contributed by atoms with van der Waals surface area (Å²) in [5, 5.41) is -0.319. The standard InChI is InChI=1S/C7H9FO5P2/c8-7(15(11,12)13)14(9,10)6-4-2-1-3-5-6/h1-5,7H,(H,9,10)(H2,11,12,13)/t7-/m1/s1. The monoisotopic (exact) mass is 254 g/mol. The van der Waals surface area contributed by atoms with E-state index in [0.29, 0.717) is 0 Å². The molecule has 0 aromatic heterocycles. The normalized spacial score (nSPS) is 18.1. The van der Waals surface area contributed by atoms with Gasteiger partial charge in [-0.1, -0.05) is 18.2 Å². The second-order valence-corrected chi connectivity index (χ2v) is 7.11. The van der Waals surface area contributed by atoms with Gasteiger partial charge in [0.2, 0.25) is 0 Å². The maximum absolute atomic E-state index is 13.1. The third-order valence-corrected chi connectivity index (χ3v) is 5.70. The Balaban J connectivity index is 3.15. The molecule has 1 rings (SSSR count). The second-order valence-electron chi connectivity index (χ2n) is 2.86. The molecule has 0 aliphatic heterocycles. The van der Waals surface area contributed by atoms with Crippen LogP contribution in [-0.4, -0.2) is 20.3 Å². The van der Waals surface area contributed by atoms with E-state index in [0.717, 1.165) is 12.1 Å². The van der Waals surface area contributed by atoms with Crippen molar-refractivity contribution in [3.8, 4) is 0 Å². The Labute approximate surface area is 85.2 Å². The highest BCUT2D eigenvalue weighted by molar-refractivity contribution is 7.78. The topological polar surface area (TPSA) is 94.8 Å². The van der Waals surface area contributed by atoms with Crippen LogP contribution in [0.5, 0.6) is 0 Å². The number of hydrogen-bond donors (Lipinski definition) is 3. The first-order valence-corrected chi connectivity index (χ1v) is 7.24. The Hall–Kier alpha value is -0.510. The average Bonchev–Trinajstić information content (AvgIpc) is 2.16. The van der Waals surface area contributed by atoms with Gasteiger partial charge in [0.25, 0.3) is 13.0 Å². The summed E-state index contributed by atoms with van der Waals surface area (Å²) in [6, 6.07) is 6.58. The van der Waals surface area contributed by atoms with E-state index in [9.17, 15) is 18.4 Å². The summed E-state index contributed by atoms with van der Waals surface area (Å²) in [6.45, 7) is 0. The molecule has 0 bridgehead atoms. The highest BCUT2D eigenvalue weighted by Crippen LogP contribution is 2.62. The first-order chi connectivity index (χ1) is 6.76. The maximum atomic E-state index is 13.1. The van der Waals surface area contributed by atoms with Crippen molar-refractivity contribution >= 4 is 20.3 Å². The minimum Gasteiger partial charge on any atom is -0.339 e. The maximum Gasteiger partial charge on any atom is 0.369 e. The Morgan fingerprint density at radius 2 is 1.53 bits per heavy atom. The van der Waals surface area contributed by atoms with Gasteiger partial charge in [0.15, 0.2) is 0 Å². The van der Waals surface area contributed by atoms with E-state index in [2.05, 4.69) is 0 Å². The van der Waals surface area contributed by atoms with Crippen molar-refractivity contribution in [3.05, 3.63) is 30.3 Å². The minimum absolute atomic E-state index is 0.319. The van der Waals surface area contributed by atoms with Gasteiger partial charge in [-0.15, -0.1) is 0 Å². The van der Waals surface area contributed by atoms with E-state index in [-0.39, 0.29) is 5.30 Å². The van der Waals surface area contributed by atoms with Crippen molar-refractivity contribution in [3.63, 3.8) is 0 Å². The highest BCUT2D eigenvalue weighted by atomic mass is 31.2. The van der Waals surface area contributed by atoms with Crippen molar-refractivity contribution in [2.45, 2.75) is 5.65 Å². The zero-order valence-electron chi connectivity index (χ0n) is 7.39. The lowest BCUT2D eigenvalue weighted by Gasteiger charge is -2.16. The number of halogens is 1. The molecule has 0 aliphatic rings. The quantitative estimate of drug-likeness (QED) is 0.700. The second kappa shape index (κ2) is 4.16. The van der Waals surface area contributed by atoms with Crippen molar-refractivity contribution in [1.82, 2.24) is 0 Å². The summed E-state index contributed by atoms with van der Waals surface area (Å²) in [7, 11) is -9.91. The molecule has 15 heavy (non-hydrogen) atoms. The van der Waals surface area contributed by atoms with Crippen LogP contribution in [0.15, 0.2) is 30.3 Å². The molecule has 1 aromatic carbocycles. The molecule has 1 aromatic rings. The zero-order valence-corrected chi connectivity index (χ0v) is 9.18. The third-order valence-electron chi connectivity index (χ3n) is 1.69. The molecule has 0 heterocycles. The summed E-state index contributed by atoms with van der Waals surface area (Å²) >= 11 is 0. The van der Waals surface area contributed by atoms with Gasteiger partial charge in [0.05, 0.1) is 0 Å². The Bertz CT molecular complexity index is 428. The van der Waals surface area contributed by atoms with Gasteiger partial charge in [0, 0.05) is 5.30 Å². The van der Waals surface area contributed by atoms with E-state index >= 15 is 0 Å². The summed E-state index contributed by atoms with van der Waals surface area (Å²) in [4.78, 5) is 26.3. The predicted octanol–water partition coefficient (Wildman–Crippen LogP) is 1.01. The molecule has 0 saturated heterocycles. The van der Waals surface area contributed by atoms with Crippen LogP contribution >= 0.6 is 15.0 Å². The molecule has 0 radical (unpaired) electrons. The van der Waals surface area contributed by atoms with Gasteiger partial charge in [0.1, 0.15) is 0 Å². The van der Waals surface area contributed by atoms with E-state index in [1.54, 1.807) is 0 Å². The van der Waals surface area contributed by atoms with E-state index in [4.69, 9.17) is 9.79 Å². The van der Waals surface area contributed by atoms with Crippen LogP contribution in [0.2, 0.25) is 0 Å². The Morgan fingerprint density at radius 3 is 1.93 bits per heavy atom. The van der Waals surface area contributed by atoms with Gasteiger partial charge in [-0.05, 0) is 12.1 Å². The van der Waals surface area contributed by atoms with Gasteiger partial charge in [-0.25, -0.2) is 4.39 Å². The molecule has 5 nitrogen and oxygen atoms in total. The first-order valence-electron chi connectivity index (χ1n) is 3.83. The molecule has 0 spiro atoms. The summed E-state index contributed by atoms with van der Waals surface area (Å²) in [5.41, 5.74) is -3.08. The van der Waals surface area contributed by atoms with E-state index in [1.807, 2.05) is 0 Å². The highest BCUT2D eigenvalue weighted by Gasteiger charge is 2.45. The van der Waals surface area contributed by atoms with Crippen molar-refractivity contribution in [1.29, 1.82) is 0 Å². The first kappa shape index (κ1) is 12.6. The average molecular weight is 254 g/mol. The van der Waals surface area contributed by atoms with Crippen LogP contribution in [0, 0.1) is 0 Å². The van der Waals surface area contributed by atoms with E-state index < -0.39 is 20.6 Å². The molecular weight excluding hydrogens is 245 g/mol. The van der Waals surface area contributed by atoms with Gasteiger partial charge in [-0.3, -0.25) is 9.13 Å². The summed E-state index contributed by atoms with van der Waals surface area (Å²) in [6.07, 6.45) is 0. The van der Waals surface area contributed by atoms with Crippen LogP contribution in [0.3, 0.4) is 0 Å². The molecule has 3 N–H and O–H groups in total. The van der Waals surface area contributed by atoms with Crippen LogP contribution < -0.4 is 5.30 Å². The SMILES string of the molecule is O=P(O)(O)[C@H](F)P(=O)(O)c1ccccc1. The van der Waals surface area contributed by atoms with Crippen molar-refractivity contribution in [2.24, 2.45) is 0 Å².